The number of benzene rings is 2. The number of hydrogen-bond acceptors (Lipinski definition) is 1. The minimum atomic E-state index is -0.395. The molecule has 0 aromatic heterocycles. The highest BCUT2D eigenvalue weighted by atomic mass is 19.1. The van der Waals surface area contributed by atoms with Gasteiger partial charge >= 0.3 is 0 Å². The number of ether oxygens (including phenoxy) is 1. The molecule has 4 atom stereocenters. The first kappa shape index (κ1) is 22.8. The molecule has 2 fully saturated rings. The van der Waals surface area contributed by atoms with Crippen LogP contribution >= 0.6 is 0 Å². The zero-order valence-corrected chi connectivity index (χ0v) is 19.2. The molecule has 0 saturated heterocycles. The van der Waals surface area contributed by atoms with Gasteiger partial charge in [-0.3, -0.25) is 0 Å². The monoisotopic (exact) mass is 436 g/mol. The number of halogens is 2. The van der Waals surface area contributed by atoms with Crippen molar-refractivity contribution in [1.29, 1.82) is 0 Å². The summed E-state index contributed by atoms with van der Waals surface area (Å²) < 4.78 is 35.3. The fraction of sp³-hybridized carbons (Fsp3) is 0.448. The van der Waals surface area contributed by atoms with Crippen LogP contribution in [-0.4, -0.2) is 6.61 Å². The maximum atomic E-state index is 15.2. The molecule has 3 heteroatoms. The lowest BCUT2D eigenvalue weighted by molar-refractivity contribution is 0.132. The van der Waals surface area contributed by atoms with Crippen molar-refractivity contribution in [2.24, 2.45) is 17.8 Å². The third-order valence-electron chi connectivity index (χ3n) is 7.39. The van der Waals surface area contributed by atoms with Gasteiger partial charge in [-0.1, -0.05) is 36.4 Å². The van der Waals surface area contributed by atoms with Crippen LogP contribution in [0.1, 0.15) is 63.9 Å². The quantitative estimate of drug-likeness (QED) is 0.413. The molecule has 1 nitrogen and oxygen atoms in total. The van der Waals surface area contributed by atoms with E-state index in [0.29, 0.717) is 29.4 Å². The second kappa shape index (κ2) is 10.5. The Bertz CT molecular complexity index is 977. The fourth-order valence-electron chi connectivity index (χ4n) is 5.74. The second-order valence-corrected chi connectivity index (χ2v) is 9.39. The highest BCUT2D eigenvalue weighted by Gasteiger charge is 2.36. The van der Waals surface area contributed by atoms with E-state index in [1.54, 1.807) is 12.1 Å². The van der Waals surface area contributed by atoms with Crippen LogP contribution in [0, 0.1) is 29.4 Å². The van der Waals surface area contributed by atoms with Crippen molar-refractivity contribution in [3.05, 3.63) is 77.9 Å². The van der Waals surface area contributed by atoms with E-state index >= 15 is 4.39 Å². The Morgan fingerprint density at radius 3 is 2.44 bits per heavy atom. The molecule has 2 saturated carbocycles. The summed E-state index contributed by atoms with van der Waals surface area (Å²) in [6.45, 7) is 4.42. The maximum absolute atomic E-state index is 15.2. The van der Waals surface area contributed by atoms with Crippen LogP contribution in [0.4, 0.5) is 8.78 Å². The summed E-state index contributed by atoms with van der Waals surface area (Å²) in [6, 6.07) is 10.0. The van der Waals surface area contributed by atoms with Gasteiger partial charge < -0.3 is 4.74 Å². The molecule has 0 N–H and O–H groups in total. The Hall–Kier alpha value is -2.42. The topological polar surface area (TPSA) is 9.23 Å². The lowest BCUT2D eigenvalue weighted by Crippen LogP contribution is -2.30. The van der Waals surface area contributed by atoms with E-state index in [-0.39, 0.29) is 11.7 Å². The largest absolute Gasteiger partial charge is 0.489 e. The van der Waals surface area contributed by atoms with E-state index in [4.69, 9.17) is 4.74 Å². The molecule has 32 heavy (non-hydrogen) atoms. The molecule has 2 aliphatic rings. The van der Waals surface area contributed by atoms with E-state index in [1.807, 2.05) is 31.2 Å². The molecule has 4 rings (SSSR count). The van der Waals surface area contributed by atoms with Crippen LogP contribution in [0.3, 0.4) is 0 Å². The van der Waals surface area contributed by atoms with E-state index in [1.165, 1.54) is 37.8 Å². The van der Waals surface area contributed by atoms with Crippen molar-refractivity contribution in [1.82, 2.24) is 0 Å². The van der Waals surface area contributed by atoms with E-state index in [0.717, 1.165) is 30.2 Å². The molecule has 0 bridgehead atoms. The minimum Gasteiger partial charge on any atom is -0.489 e. The highest BCUT2D eigenvalue weighted by Crippen LogP contribution is 2.48. The van der Waals surface area contributed by atoms with Crippen LogP contribution in [0.5, 0.6) is 5.75 Å². The summed E-state index contributed by atoms with van der Waals surface area (Å²) in [5.41, 5.74) is 1.78. The average molecular weight is 437 g/mol. The maximum Gasteiger partial charge on any atom is 0.134 e. The molecule has 170 valence electrons. The lowest BCUT2D eigenvalue weighted by Gasteiger charge is -2.42. The van der Waals surface area contributed by atoms with Gasteiger partial charge in [0, 0.05) is 11.6 Å². The van der Waals surface area contributed by atoms with Crippen molar-refractivity contribution in [2.45, 2.75) is 58.3 Å². The Morgan fingerprint density at radius 2 is 1.69 bits per heavy atom. The van der Waals surface area contributed by atoms with Gasteiger partial charge in [0.15, 0.2) is 0 Å². The van der Waals surface area contributed by atoms with Gasteiger partial charge in [0.05, 0.1) is 0 Å². The predicted molar refractivity (Wildman–Crippen MR) is 128 cm³/mol. The molecule has 0 aliphatic heterocycles. The minimum absolute atomic E-state index is 0.207. The summed E-state index contributed by atoms with van der Waals surface area (Å²) in [5.74, 6) is 2.37. The predicted octanol–water partition coefficient (Wildman–Crippen LogP) is 8.46. The fourth-order valence-corrected chi connectivity index (χ4v) is 5.74. The van der Waals surface area contributed by atoms with Gasteiger partial charge in [-0.2, -0.15) is 0 Å². The molecule has 2 aromatic rings. The molecule has 0 amide bonds. The van der Waals surface area contributed by atoms with Crippen LogP contribution in [-0.2, 0) is 0 Å². The molecule has 2 aliphatic carbocycles. The molecule has 0 heterocycles. The van der Waals surface area contributed by atoms with E-state index in [9.17, 15) is 4.39 Å². The van der Waals surface area contributed by atoms with Crippen molar-refractivity contribution in [3.8, 4) is 16.9 Å². The van der Waals surface area contributed by atoms with E-state index < -0.39 is 5.82 Å². The summed E-state index contributed by atoms with van der Waals surface area (Å²) in [4.78, 5) is 0. The first-order valence-electron chi connectivity index (χ1n) is 12.0. The third-order valence-corrected chi connectivity index (χ3v) is 7.39. The molecule has 4 unspecified atom stereocenters. The van der Waals surface area contributed by atoms with Gasteiger partial charge in [-0.15, -0.1) is 0 Å². The van der Waals surface area contributed by atoms with Gasteiger partial charge in [0.1, 0.15) is 24.0 Å². The van der Waals surface area contributed by atoms with Gasteiger partial charge in [0.25, 0.3) is 0 Å². The zero-order chi connectivity index (χ0) is 22.5. The Balaban J connectivity index is 1.45. The smallest absolute Gasteiger partial charge is 0.134 e. The van der Waals surface area contributed by atoms with Crippen LogP contribution in [0.25, 0.3) is 11.1 Å². The van der Waals surface area contributed by atoms with Crippen molar-refractivity contribution in [3.63, 3.8) is 0 Å². The van der Waals surface area contributed by atoms with Crippen LogP contribution in [0.2, 0.25) is 0 Å². The van der Waals surface area contributed by atoms with Crippen molar-refractivity contribution < 1.29 is 13.5 Å². The number of allylic oxidation sites excluding steroid dienone is 3. The number of rotatable bonds is 6. The SMILES string of the molecule is C/C=C/COc1ccc(-c2ccc(C3CCC4CC(/C=C/C)CCC4C3)c(F)c2)c(F)c1. The molecular weight excluding hydrogens is 402 g/mol. The van der Waals surface area contributed by atoms with Crippen LogP contribution in [0.15, 0.2) is 60.7 Å². The van der Waals surface area contributed by atoms with Crippen LogP contribution < -0.4 is 4.74 Å². The summed E-state index contributed by atoms with van der Waals surface area (Å²) in [5, 5.41) is 0. The first-order valence-corrected chi connectivity index (χ1v) is 12.0. The molecule has 0 radical (unpaired) electrons. The average Bonchev–Trinajstić information content (AvgIpc) is 2.79. The summed E-state index contributed by atoms with van der Waals surface area (Å²) >= 11 is 0. The zero-order valence-electron chi connectivity index (χ0n) is 19.2. The first-order chi connectivity index (χ1) is 15.6. The van der Waals surface area contributed by atoms with Crippen molar-refractivity contribution >= 4 is 0 Å². The number of hydrogen-bond donors (Lipinski definition) is 0. The lowest BCUT2D eigenvalue weighted by atomic mass is 9.64. The highest BCUT2D eigenvalue weighted by molar-refractivity contribution is 5.65. The second-order valence-electron chi connectivity index (χ2n) is 9.39. The number of fused-ring (bicyclic) bond motifs is 1. The van der Waals surface area contributed by atoms with Gasteiger partial charge in [-0.05, 0) is 105 Å². The summed E-state index contributed by atoms with van der Waals surface area (Å²) in [7, 11) is 0. The molecule has 0 spiro atoms. The Morgan fingerprint density at radius 1 is 0.875 bits per heavy atom. The molecular formula is C29H34F2O. The molecule has 2 aromatic carbocycles. The normalized spacial score (nSPS) is 25.9. The van der Waals surface area contributed by atoms with Crippen molar-refractivity contribution in [2.75, 3.05) is 6.61 Å². The van der Waals surface area contributed by atoms with Gasteiger partial charge in [-0.25, -0.2) is 8.78 Å². The summed E-state index contributed by atoms with van der Waals surface area (Å²) in [6.07, 6.45) is 15.4. The third kappa shape index (κ3) is 5.14. The van der Waals surface area contributed by atoms with E-state index in [2.05, 4.69) is 19.1 Å². The Labute approximate surface area is 191 Å². The standard InChI is InChI=1S/C29H34F2O/c1-3-5-15-32-25-12-14-27(29(31)19-25)24-11-13-26(28(30)18-24)23-10-9-21-16-20(6-4-2)7-8-22(21)17-23/h3-6,11-14,18-23H,7-10,15-17H2,1-2H3/b5-3+,6-4+. The Kier molecular flexibility index (Phi) is 7.44. The van der Waals surface area contributed by atoms with Gasteiger partial charge in [0.2, 0.25) is 0 Å².